The van der Waals surface area contributed by atoms with Crippen LogP contribution in [0.5, 0.6) is 0 Å². The van der Waals surface area contributed by atoms with Gasteiger partial charge in [0.2, 0.25) is 5.91 Å². The van der Waals surface area contributed by atoms with E-state index in [1.165, 1.54) is 0 Å². The third-order valence-electron chi connectivity index (χ3n) is 3.47. The molecule has 0 aromatic rings. The van der Waals surface area contributed by atoms with Crippen LogP contribution in [-0.2, 0) is 14.3 Å². The van der Waals surface area contributed by atoms with Gasteiger partial charge in [-0.25, -0.2) is 9.59 Å². The predicted molar refractivity (Wildman–Crippen MR) is 68.1 cm³/mol. The smallest absolute Gasteiger partial charge is 0.332 e. The number of carboxylic acids is 1. The molecule has 20 heavy (non-hydrogen) atoms. The highest BCUT2D eigenvalue weighted by atomic mass is 16.5. The standard InChI is InChI=1S/C12H19N3O5/c16-10-4-1-7(15-10)5-13-12(19)14-6-8-2-3-9(20-8)11(17)18/h7-9H,1-6H2,(H,15,16)(H,17,18)(H2,13,14,19). The Balaban J connectivity index is 1.59. The lowest BCUT2D eigenvalue weighted by Gasteiger charge is -2.14. The quantitative estimate of drug-likeness (QED) is 0.527. The van der Waals surface area contributed by atoms with Crippen LogP contribution in [-0.4, -0.2) is 54.4 Å². The molecule has 8 nitrogen and oxygen atoms in total. The number of amides is 3. The number of carbonyl (C=O) groups is 3. The van der Waals surface area contributed by atoms with Gasteiger partial charge < -0.3 is 25.8 Å². The molecule has 2 aliphatic rings. The summed E-state index contributed by atoms with van der Waals surface area (Å²) < 4.78 is 5.27. The lowest BCUT2D eigenvalue weighted by Crippen LogP contribution is -2.45. The van der Waals surface area contributed by atoms with Crippen molar-refractivity contribution in [1.82, 2.24) is 16.0 Å². The van der Waals surface area contributed by atoms with Crippen LogP contribution >= 0.6 is 0 Å². The summed E-state index contributed by atoms with van der Waals surface area (Å²) in [4.78, 5) is 33.2. The third-order valence-corrected chi connectivity index (χ3v) is 3.47. The van der Waals surface area contributed by atoms with Crippen molar-refractivity contribution in [3.8, 4) is 0 Å². The first kappa shape index (κ1) is 14.6. The zero-order valence-electron chi connectivity index (χ0n) is 11.1. The van der Waals surface area contributed by atoms with Crippen LogP contribution in [0.25, 0.3) is 0 Å². The van der Waals surface area contributed by atoms with Gasteiger partial charge in [0.15, 0.2) is 6.10 Å². The molecule has 3 amide bonds. The first-order valence-corrected chi connectivity index (χ1v) is 6.74. The lowest BCUT2D eigenvalue weighted by atomic mass is 10.2. The lowest BCUT2D eigenvalue weighted by molar-refractivity contribution is -0.149. The number of hydrogen-bond acceptors (Lipinski definition) is 4. The van der Waals surface area contributed by atoms with Crippen LogP contribution in [0.1, 0.15) is 25.7 Å². The minimum Gasteiger partial charge on any atom is -0.479 e. The maximum atomic E-state index is 11.5. The van der Waals surface area contributed by atoms with E-state index in [1.807, 2.05) is 0 Å². The van der Waals surface area contributed by atoms with Crippen molar-refractivity contribution in [2.24, 2.45) is 0 Å². The number of hydrogen-bond donors (Lipinski definition) is 4. The van der Waals surface area contributed by atoms with Gasteiger partial charge in [0.1, 0.15) is 0 Å². The molecule has 0 saturated carbocycles. The normalized spacial score (nSPS) is 29.0. The van der Waals surface area contributed by atoms with Crippen LogP contribution in [0.3, 0.4) is 0 Å². The van der Waals surface area contributed by atoms with Gasteiger partial charge in [-0.2, -0.15) is 0 Å². The summed E-state index contributed by atoms with van der Waals surface area (Å²) in [5.41, 5.74) is 0. The van der Waals surface area contributed by atoms with E-state index in [0.29, 0.717) is 25.8 Å². The van der Waals surface area contributed by atoms with Gasteiger partial charge >= 0.3 is 12.0 Å². The highest BCUT2D eigenvalue weighted by Crippen LogP contribution is 2.19. The van der Waals surface area contributed by atoms with Gasteiger partial charge in [0.05, 0.1) is 6.10 Å². The van der Waals surface area contributed by atoms with Crippen LogP contribution in [0, 0.1) is 0 Å². The van der Waals surface area contributed by atoms with Gasteiger partial charge in [-0.15, -0.1) is 0 Å². The fourth-order valence-corrected chi connectivity index (χ4v) is 2.35. The number of urea groups is 1. The maximum Gasteiger partial charge on any atom is 0.332 e. The molecule has 2 rings (SSSR count). The molecule has 0 aliphatic carbocycles. The van der Waals surface area contributed by atoms with Crippen molar-refractivity contribution >= 4 is 17.9 Å². The van der Waals surface area contributed by atoms with E-state index >= 15 is 0 Å². The van der Waals surface area contributed by atoms with Gasteiger partial charge in [-0.05, 0) is 19.3 Å². The fraction of sp³-hybridized carbons (Fsp3) is 0.750. The molecular formula is C12H19N3O5. The highest BCUT2D eigenvalue weighted by Gasteiger charge is 2.30. The Morgan fingerprint density at radius 3 is 2.60 bits per heavy atom. The molecule has 2 fully saturated rings. The van der Waals surface area contributed by atoms with E-state index < -0.39 is 12.1 Å². The van der Waals surface area contributed by atoms with Crippen molar-refractivity contribution < 1.29 is 24.2 Å². The second-order valence-electron chi connectivity index (χ2n) is 5.06. The molecule has 2 heterocycles. The molecule has 2 aliphatic heterocycles. The monoisotopic (exact) mass is 285 g/mol. The summed E-state index contributed by atoms with van der Waals surface area (Å²) in [5, 5.41) is 16.8. The molecule has 112 valence electrons. The minimum absolute atomic E-state index is 0.00706. The zero-order chi connectivity index (χ0) is 14.5. The molecule has 0 bridgehead atoms. The van der Waals surface area contributed by atoms with E-state index in [0.717, 1.165) is 6.42 Å². The summed E-state index contributed by atoms with van der Waals surface area (Å²) in [6, 6.07) is -0.346. The van der Waals surface area contributed by atoms with Gasteiger partial charge in [-0.3, -0.25) is 4.79 Å². The second-order valence-corrected chi connectivity index (χ2v) is 5.06. The Morgan fingerprint density at radius 2 is 2.00 bits per heavy atom. The Bertz CT molecular complexity index is 401. The Labute approximate surface area is 116 Å². The minimum atomic E-state index is -0.964. The van der Waals surface area contributed by atoms with Crippen molar-refractivity contribution in [3.05, 3.63) is 0 Å². The molecule has 0 aromatic heterocycles. The summed E-state index contributed by atoms with van der Waals surface area (Å²) in [5.74, 6) is -0.954. The first-order valence-electron chi connectivity index (χ1n) is 6.74. The van der Waals surface area contributed by atoms with Gasteiger partial charge in [-0.1, -0.05) is 0 Å². The number of nitrogens with one attached hydrogen (secondary N) is 3. The summed E-state index contributed by atoms with van der Waals surface area (Å²) in [7, 11) is 0. The number of carboxylic acid groups (broad SMARTS) is 1. The number of carbonyl (C=O) groups excluding carboxylic acids is 2. The van der Waals surface area contributed by atoms with Crippen molar-refractivity contribution in [3.63, 3.8) is 0 Å². The van der Waals surface area contributed by atoms with E-state index in [2.05, 4.69) is 16.0 Å². The van der Waals surface area contributed by atoms with E-state index in [-0.39, 0.29) is 30.6 Å². The van der Waals surface area contributed by atoms with Crippen molar-refractivity contribution in [2.45, 2.75) is 43.9 Å². The maximum absolute atomic E-state index is 11.5. The zero-order valence-corrected chi connectivity index (χ0v) is 11.1. The molecule has 0 aromatic carbocycles. The molecule has 2 saturated heterocycles. The van der Waals surface area contributed by atoms with Crippen molar-refractivity contribution in [1.29, 1.82) is 0 Å². The predicted octanol–water partition coefficient (Wildman–Crippen LogP) is -0.804. The highest BCUT2D eigenvalue weighted by molar-refractivity contribution is 5.79. The van der Waals surface area contributed by atoms with Crippen LogP contribution in [0.4, 0.5) is 4.79 Å². The average Bonchev–Trinajstić information content (AvgIpc) is 3.03. The molecule has 4 N–H and O–H groups in total. The van der Waals surface area contributed by atoms with Crippen LogP contribution < -0.4 is 16.0 Å². The topological polar surface area (TPSA) is 117 Å². The average molecular weight is 285 g/mol. The van der Waals surface area contributed by atoms with E-state index in [4.69, 9.17) is 9.84 Å². The number of ether oxygens (including phenoxy) is 1. The van der Waals surface area contributed by atoms with Crippen molar-refractivity contribution in [2.75, 3.05) is 13.1 Å². The van der Waals surface area contributed by atoms with E-state index in [1.54, 1.807) is 0 Å². The fourth-order valence-electron chi connectivity index (χ4n) is 2.35. The van der Waals surface area contributed by atoms with E-state index in [9.17, 15) is 14.4 Å². The SMILES string of the molecule is O=C1CCC(CNC(=O)NCC2CCC(C(=O)O)O2)N1. The van der Waals surface area contributed by atoms with Crippen LogP contribution in [0.15, 0.2) is 0 Å². The van der Waals surface area contributed by atoms with Gasteiger partial charge in [0.25, 0.3) is 0 Å². The Morgan fingerprint density at radius 1 is 1.25 bits per heavy atom. The second kappa shape index (κ2) is 6.56. The largest absolute Gasteiger partial charge is 0.479 e. The molecule has 3 unspecified atom stereocenters. The first-order chi connectivity index (χ1) is 9.54. The Kier molecular flexibility index (Phi) is 4.78. The molecule has 0 radical (unpaired) electrons. The number of aliphatic carboxylic acids is 1. The summed E-state index contributed by atoms with van der Waals surface area (Å²) >= 11 is 0. The Hall–Kier alpha value is -1.83. The molecule has 8 heteroatoms. The molecule has 3 atom stereocenters. The molecule has 0 spiro atoms. The van der Waals surface area contributed by atoms with Crippen LogP contribution in [0.2, 0.25) is 0 Å². The summed E-state index contributed by atoms with van der Waals surface area (Å²) in [6.07, 6.45) is 1.30. The molecular weight excluding hydrogens is 266 g/mol. The van der Waals surface area contributed by atoms with Gasteiger partial charge in [0, 0.05) is 25.6 Å². The summed E-state index contributed by atoms with van der Waals surface area (Å²) in [6.45, 7) is 0.674. The number of rotatable bonds is 5. The third kappa shape index (κ3) is 4.09.